The molecular formula is C29H24FN5O4. The van der Waals surface area contributed by atoms with E-state index in [1.807, 2.05) is 37.3 Å². The average Bonchev–Trinajstić information content (AvgIpc) is 3.37. The summed E-state index contributed by atoms with van der Waals surface area (Å²) in [6.07, 6.45) is 3.23. The van der Waals surface area contributed by atoms with Gasteiger partial charge in [0.15, 0.2) is 0 Å². The number of rotatable bonds is 7. The van der Waals surface area contributed by atoms with Gasteiger partial charge >= 0.3 is 6.03 Å². The molecule has 1 fully saturated rings. The number of anilines is 2. The molecule has 5 amide bonds. The standard InChI is InChI=1S/C29H24FN5O4/c1-18-5-4-6-22(13-18)32-27(37)17-35-28(38)24(33-29(35)39)14-19-15-34(25-8-3-2-7-23(19)25)16-26(36)31-21-11-9-20(30)10-12-21/h2-15H,16-17H2,1H3,(H,31,36)(H,32,37)(H,33,39). The molecule has 1 aliphatic rings. The molecule has 1 saturated heterocycles. The molecule has 0 radical (unpaired) electrons. The Balaban J connectivity index is 1.33. The lowest BCUT2D eigenvalue weighted by Gasteiger charge is -2.12. The van der Waals surface area contributed by atoms with Crippen molar-refractivity contribution >= 4 is 52.1 Å². The number of carbonyl (C=O) groups is 4. The summed E-state index contributed by atoms with van der Waals surface area (Å²) in [6, 6.07) is 19.3. The van der Waals surface area contributed by atoms with Crippen molar-refractivity contribution in [1.82, 2.24) is 14.8 Å². The van der Waals surface area contributed by atoms with Crippen LogP contribution in [0.25, 0.3) is 17.0 Å². The molecule has 3 N–H and O–H groups in total. The molecule has 3 aromatic carbocycles. The summed E-state index contributed by atoms with van der Waals surface area (Å²) >= 11 is 0. The number of nitrogens with one attached hydrogen (secondary N) is 3. The van der Waals surface area contributed by atoms with Crippen molar-refractivity contribution in [3.8, 4) is 0 Å². The van der Waals surface area contributed by atoms with E-state index in [4.69, 9.17) is 0 Å². The number of nitrogens with zero attached hydrogens (tertiary/aromatic N) is 2. The number of halogens is 1. The van der Waals surface area contributed by atoms with Gasteiger partial charge in [0, 0.05) is 34.0 Å². The summed E-state index contributed by atoms with van der Waals surface area (Å²) < 4.78 is 14.9. The fraction of sp³-hybridized carbons (Fsp3) is 0.103. The van der Waals surface area contributed by atoms with Crippen LogP contribution in [0.4, 0.5) is 20.6 Å². The van der Waals surface area contributed by atoms with Gasteiger partial charge in [-0.15, -0.1) is 0 Å². The third-order valence-corrected chi connectivity index (χ3v) is 6.13. The van der Waals surface area contributed by atoms with Gasteiger partial charge in [0.2, 0.25) is 11.8 Å². The van der Waals surface area contributed by atoms with Gasteiger partial charge in [0.05, 0.1) is 0 Å². The number of imide groups is 1. The molecule has 9 nitrogen and oxygen atoms in total. The Hall–Kier alpha value is -5.25. The SMILES string of the molecule is Cc1cccc(NC(=O)CN2C(=O)NC(=Cc3cn(CC(=O)Nc4ccc(F)cc4)c4ccccc34)C2=O)c1. The van der Waals surface area contributed by atoms with Gasteiger partial charge in [-0.2, -0.15) is 0 Å². The smallest absolute Gasteiger partial charge is 0.329 e. The van der Waals surface area contributed by atoms with E-state index in [0.717, 1.165) is 21.4 Å². The van der Waals surface area contributed by atoms with Gasteiger partial charge in [-0.3, -0.25) is 14.4 Å². The zero-order valence-electron chi connectivity index (χ0n) is 20.9. The molecule has 0 atom stereocenters. The molecule has 0 bridgehead atoms. The van der Waals surface area contributed by atoms with Crippen molar-refractivity contribution in [2.75, 3.05) is 17.2 Å². The van der Waals surface area contributed by atoms with Gasteiger partial charge in [-0.1, -0.05) is 30.3 Å². The van der Waals surface area contributed by atoms with Crippen LogP contribution in [0.15, 0.2) is 84.7 Å². The highest BCUT2D eigenvalue weighted by molar-refractivity contribution is 6.16. The minimum absolute atomic E-state index is 0.0158. The Morgan fingerprint density at radius 2 is 1.62 bits per heavy atom. The quantitative estimate of drug-likeness (QED) is 0.247. The zero-order valence-corrected chi connectivity index (χ0v) is 20.9. The largest absolute Gasteiger partial charge is 0.337 e. The molecule has 0 aliphatic carbocycles. The van der Waals surface area contributed by atoms with Crippen LogP contribution in [-0.2, 0) is 20.9 Å². The second-order valence-corrected chi connectivity index (χ2v) is 9.08. The molecule has 5 rings (SSSR count). The van der Waals surface area contributed by atoms with Crippen LogP contribution in [0.3, 0.4) is 0 Å². The minimum atomic E-state index is -0.701. The summed E-state index contributed by atoms with van der Waals surface area (Å²) in [6.45, 7) is 1.41. The van der Waals surface area contributed by atoms with Crippen LogP contribution >= 0.6 is 0 Å². The first kappa shape index (κ1) is 25.4. The predicted molar refractivity (Wildman–Crippen MR) is 145 cm³/mol. The van der Waals surface area contributed by atoms with Crippen LogP contribution in [0.5, 0.6) is 0 Å². The number of urea groups is 1. The lowest BCUT2D eigenvalue weighted by molar-refractivity contribution is -0.127. The van der Waals surface area contributed by atoms with E-state index in [1.54, 1.807) is 29.0 Å². The zero-order chi connectivity index (χ0) is 27.5. The number of fused-ring (bicyclic) bond motifs is 1. The molecule has 1 aliphatic heterocycles. The first-order valence-corrected chi connectivity index (χ1v) is 12.1. The number of hydrogen-bond acceptors (Lipinski definition) is 4. The number of aryl methyl sites for hydroxylation is 1. The topological polar surface area (TPSA) is 113 Å². The summed E-state index contributed by atoms with van der Waals surface area (Å²) in [5.41, 5.74) is 3.35. The van der Waals surface area contributed by atoms with Gasteiger partial charge in [-0.25, -0.2) is 14.1 Å². The van der Waals surface area contributed by atoms with Crippen molar-refractivity contribution in [2.24, 2.45) is 0 Å². The number of amides is 5. The van der Waals surface area contributed by atoms with Crippen LogP contribution in [-0.4, -0.2) is 39.8 Å². The second kappa shape index (κ2) is 10.6. The van der Waals surface area contributed by atoms with E-state index in [9.17, 15) is 23.6 Å². The van der Waals surface area contributed by atoms with E-state index in [1.165, 1.54) is 30.3 Å². The lowest BCUT2D eigenvalue weighted by Crippen LogP contribution is -2.38. The monoisotopic (exact) mass is 525 g/mol. The molecule has 0 unspecified atom stereocenters. The molecule has 0 saturated carbocycles. The van der Waals surface area contributed by atoms with Crippen LogP contribution in [0.1, 0.15) is 11.1 Å². The van der Waals surface area contributed by atoms with Crippen LogP contribution < -0.4 is 16.0 Å². The first-order valence-electron chi connectivity index (χ1n) is 12.1. The predicted octanol–water partition coefficient (Wildman–Crippen LogP) is 4.26. The van der Waals surface area contributed by atoms with E-state index in [2.05, 4.69) is 16.0 Å². The van der Waals surface area contributed by atoms with Crippen LogP contribution in [0, 0.1) is 12.7 Å². The average molecular weight is 526 g/mol. The summed E-state index contributed by atoms with van der Waals surface area (Å²) in [5.74, 6) is -1.86. The maximum absolute atomic E-state index is 13.2. The van der Waals surface area contributed by atoms with E-state index >= 15 is 0 Å². The normalized spacial score (nSPS) is 14.1. The number of carbonyl (C=O) groups excluding carboxylic acids is 4. The Morgan fingerprint density at radius 3 is 2.38 bits per heavy atom. The lowest BCUT2D eigenvalue weighted by atomic mass is 10.1. The maximum atomic E-state index is 13.2. The minimum Gasteiger partial charge on any atom is -0.337 e. The number of aromatic nitrogens is 1. The Labute approximate surface area is 222 Å². The fourth-order valence-electron chi connectivity index (χ4n) is 4.35. The van der Waals surface area contributed by atoms with Gasteiger partial charge in [-0.05, 0) is 61.0 Å². The highest BCUT2D eigenvalue weighted by Gasteiger charge is 2.35. The van der Waals surface area contributed by atoms with Gasteiger partial charge in [0.1, 0.15) is 24.6 Å². The number of hydrogen-bond donors (Lipinski definition) is 3. The third kappa shape index (κ3) is 5.69. The molecule has 2 heterocycles. The maximum Gasteiger partial charge on any atom is 0.329 e. The molecule has 0 spiro atoms. The second-order valence-electron chi connectivity index (χ2n) is 9.08. The van der Waals surface area contributed by atoms with Crippen LogP contribution in [0.2, 0.25) is 0 Å². The molecule has 1 aromatic heterocycles. The Bertz CT molecular complexity index is 1640. The van der Waals surface area contributed by atoms with Gasteiger partial charge in [0.25, 0.3) is 5.91 Å². The molecule has 4 aromatic rings. The van der Waals surface area contributed by atoms with Crippen molar-refractivity contribution in [1.29, 1.82) is 0 Å². The number of para-hydroxylation sites is 1. The summed E-state index contributed by atoms with van der Waals surface area (Å²) in [5, 5.41) is 8.71. The highest BCUT2D eigenvalue weighted by Crippen LogP contribution is 2.25. The molecule has 39 heavy (non-hydrogen) atoms. The first-order chi connectivity index (χ1) is 18.8. The van der Waals surface area contributed by atoms with Crippen molar-refractivity contribution in [3.63, 3.8) is 0 Å². The van der Waals surface area contributed by atoms with Gasteiger partial charge < -0.3 is 20.5 Å². The Kier molecular flexibility index (Phi) is 6.92. The van der Waals surface area contributed by atoms with E-state index in [-0.39, 0.29) is 18.1 Å². The van der Waals surface area contributed by atoms with Crippen molar-refractivity contribution in [2.45, 2.75) is 13.5 Å². The molecular weight excluding hydrogens is 501 g/mol. The third-order valence-electron chi connectivity index (χ3n) is 6.13. The Morgan fingerprint density at radius 1 is 0.897 bits per heavy atom. The molecule has 196 valence electrons. The van der Waals surface area contributed by atoms with E-state index in [0.29, 0.717) is 16.9 Å². The summed E-state index contributed by atoms with van der Waals surface area (Å²) in [7, 11) is 0. The van der Waals surface area contributed by atoms with E-state index < -0.39 is 30.2 Å². The van der Waals surface area contributed by atoms with Crippen molar-refractivity contribution in [3.05, 3.63) is 102 Å². The molecule has 10 heteroatoms. The fourth-order valence-corrected chi connectivity index (χ4v) is 4.35. The summed E-state index contributed by atoms with van der Waals surface area (Å²) in [4.78, 5) is 51.5. The number of benzene rings is 3. The van der Waals surface area contributed by atoms with Crippen molar-refractivity contribution < 1.29 is 23.6 Å². The highest BCUT2D eigenvalue weighted by atomic mass is 19.1.